The SMILES string of the molecule is CCN1C(=O)[C@@H](CC(=O)Nc2ccc(C(=O)OC)cc2)SC1=Nc1cccc(F)c1. The predicted molar refractivity (Wildman–Crippen MR) is 113 cm³/mol. The van der Waals surface area contributed by atoms with Crippen LogP contribution in [0.15, 0.2) is 53.5 Å². The van der Waals surface area contributed by atoms with E-state index in [2.05, 4.69) is 15.0 Å². The average molecular weight is 429 g/mol. The van der Waals surface area contributed by atoms with Gasteiger partial charge in [0.1, 0.15) is 11.1 Å². The number of amidine groups is 1. The van der Waals surface area contributed by atoms with Gasteiger partial charge in [0.2, 0.25) is 11.8 Å². The van der Waals surface area contributed by atoms with Gasteiger partial charge in [0.15, 0.2) is 5.17 Å². The zero-order valence-corrected chi connectivity index (χ0v) is 17.2. The molecule has 0 saturated carbocycles. The Bertz CT molecular complexity index is 994. The Hall–Kier alpha value is -3.20. The number of methoxy groups -OCH3 is 1. The van der Waals surface area contributed by atoms with E-state index in [0.717, 1.165) is 0 Å². The summed E-state index contributed by atoms with van der Waals surface area (Å²) in [5, 5.41) is 2.53. The van der Waals surface area contributed by atoms with Gasteiger partial charge in [-0.1, -0.05) is 17.8 Å². The van der Waals surface area contributed by atoms with E-state index in [9.17, 15) is 18.8 Å². The van der Waals surface area contributed by atoms with Gasteiger partial charge in [-0.25, -0.2) is 14.2 Å². The molecule has 156 valence electrons. The number of benzene rings is 2. The van der Waals surface area contributed by atoms with Crippen molar-refractivity contribution in [3.05, 3.63) is 59.9 Å². The maximum atomic E-state index is 13.4. The molecular weight excluding hydrogens is 409 g/mol. The highest BCUT2D eigenvalue weighted by molar-refractivity contribution is 8.15. The molecule has 1 N–H and O–H groups in total. The number of thioether (sulfide) groups is 1. The molecule has 0 bridgehead atoms. The molecule has 1 aliphatic rings. The van der Waals surface area contributed by atoms with Crippen LogP contribution in [0.4, 0.5) is 15.8 Å². The van der Waals surface area contributed by atoms with Crippen molar-refractivity contribution in [2.24, 2.45) is 4.99 Å². The van der Waals surface area contributed by atoms with Crippen molar-refractivity contribution >= 4 is 46.1 Å². The van der Waals surface area contributed by atoms with Gasteiger partial charge in [-0.15, -0.1) is 0 Å². The summed E-state index contributed by atoms with van der Waals surface area (Å²) in [7, 11) is 1.29. The molecule has 1 aliphatic heterocycles. The Morgan fingerprint density at radius 1 is 1.23 bits per heavy atom. The topological polar surface area (TPSA) is 88.1 Å². The quantitative estimate of drug-likeness (QED) is 0.709. The number of anilines is 1. The standard InChI is InChI=1S/C21H20FN3O4S/c1-3-25-19(27)17(30-21(25)24-16-6-4-5-14(22)11-16)12-18(26)23-15-9-7-13(8-10-15)20(28)29-2/h4-11,17H,3,12H2,1-2H3,(H,23,26)/t17-/m1/s1. The van der Waals surface area contributed by atoms with Crippen LogP contribution in [0.1, 0.15) is 23.7 Å². The molecule has 0 spiro atoms. The average Bonchev–Trinajstić information content (AvgIpc) is 3.01. The molecule has 3 rings (SSSR count). The van der Waals surface area contributed by atoms with Crippen molar-refractivity contribution in [2.45, 2.75) is 18.6 Å². The van der Waals surface area contributed by atoms with E-state index in [1.54, 1.807) is 36.4 Å². The fourth-order valence-corrected chi connectivity index (χ4v) is 4.08. The monoisotopic (exact) mass is 429 g/mol. The molecule has 7 nitrogen and oxygen atoms in total. The van der Waals surface area contributed by atoms with Crippen LogP contribution in [0, 0.1) is 5.82 Å². The summed E-state index contributed by atoms with van der Waals surface area (Å²) in [4.78, 5) is 42.4. The Morgan fingerprint density at radius 3 is 2.60 bits per heavy atom. The first kappa shape index (κ1) is 21.5. The van der Waals surface area contributed by atoms with E-state index in [0.29, 0.717) is 28.7 Å². The van der Waals surface area contributed by atoms with Crippen molar-refractivity contribution in [3.63, 3.8) is 0 Å². The van der Waals surface area contributed by atoms with Crippen LogP contribution in [-0.4, -0.2) is 46.8 Å². The Balaban J connectivity index is 1.66. The van der Waals surface area contributed by atoms with Gasteiger partial charge < -0.3 is 10.1 Å². The molecule has 1 saturated heterocycles. The summed E-state index contributed by atoms with van der Waals surface area (Å²) in [6, 6.07) is 12.0. The molecule has 0 aromatic heterocycles. The van der Waals surface area contributed by atoms with Crippen molar-refractivity contribution in [3.8, 4) is 0 Å². The summed E-state index contributed by atoms with van der Waals surface area (Å²) in [5.41, 5.74) is 1.28. The van der Waals surface area contributed by atoms with Crippen LogP contribution in [-0.2, 0) is 14.3 Å². The number of carbonyl (C=O) groups is 3. The normalized spacial score (nSPS) is 17.3. The summed E-state index contributed by atoms with van der Waals surface area (Å²) in [6.45, 7) is 2.21. The minimum atomic E-state index is -0.619. The van der Waals surface area contributed by atoms with Crippen LogP contribution in [0.3, 0.4) is 0 Å². The van der Waals surface area contributed by atoms with Crippen LogP contribution in [0.5, 0.6) is 0 Å². The van der Waals surface area contributed by atoms with Crippen LogP contribution in [0.25, 0.3) is 0 Å². The lowest BCUT2D eigenvalue weighted by Gasteiger charge is -2.13. The van der Waals surface area contributed by atoms with Gasteiger partial charge in [0, 0.05) is 18.7 Å². The van der Waals surface area contributed by atoms with Gasteiger partial charge in [0.25, 0.3) is 0 Å². The smallest absolute Gasteiger partial charge is 0.337 e. The number of esters is 1. The van der Waals surface area contributed by atoms with E-state index >= 15 is 0 Å². The van der Waals surface area contributed by atoms with Crippen LogP contribution < -0.4 is 5.32 Å². The molecule has 1 fully saturated rings. The Labute approximate surface area is 177 Å². The highest BCUT2D eigenvalue weighted by Crippen LogP contribution is 2.31. The van der Waals surface area contributed by atoms with E-state index in [1.165, 1.54) is 35.9 Å². The summed E-state index contributed by atoms with van der Waals surface area (Å²) < 4.78 is 18.0. The van der Waals surface area contributed by atoms with E-state index in [-0.39, 0.29) is 18.2 Å². The van der Waals surface area contributed by atoms with Crippen molar-refractivity contribution < 1.29 is 23.5 Å². The molecule has 0 unspecified atom stereocenters. The fraction of sp³-hybridized carbons (Fsp3) is 0.238. The lowest BCUT2D eigenvalue weighted by atomic mass is 10.2. The highest BCUT2D eigenvalue weighted by Gasteiger charge is 2.38. The maximum Gasteiger partial charge on any atom is 0.337 e. The Kier molecular flexibility index (Phi) is 6.83. The molecule has 2 aromatic rings. The Morgan fingerprint density at radius 2 is 1.97 bits per heavy atom. The van der Waals surface area contributed by atoms with Crippen molar-refractivity contribution in [1.29, 1.82) is 0 Å². The van der Waals surface area contributed by atoms with Gasteiger partial charge in [-0.3, -0.25) is 14.5 Å². The first-order chi connectivity index (χ1) is 14.4. The van der Waals surface area contributed by atoms with Gasteiger partial charge >= 0.3 is 5.97 Å². The number of hydrogen-bond donors (Lipinski definition) is 1. The second kappa shape index (κ2) is 9.53. The largest absolute Gasteiger partial charge is 0.465 e. The third-order valence-corrected chi connectivity index (χ3v) is 5.51. The molecule has 1 atom stereocenters. The van der Waals surface area contributed by atoms with Crippen molar-refractivity contribution in [1.82, 2.24) is 4.90 Å². The molecule has 30 heavy (non-hydrogen) atoms. The van der Waals surface area contributed by atoms with E-state index in [1.807, 2.05) is 6.92 Å². The number of hydrogen-bond acceptors (Lipinski definition) is 6. The van der Waals surface area contributed by atoms with Crippen molar-refractivity contribution in [2.75, 3.05) is 19.0 Å². The minimum Gasteiger partial charge on any atom is -0.465 e. The molecular formula is C21H20FN3O4S. The molecule has 2 amide bonds. The summed E-state index contributed by atoms with van der Waals surface area (Å²) >= 11 is 1.18. The third kappa shape index (κ3) is 5.04. The van der Waals surface area contributed by atoms with Crippen LogP contribution >= 0.6 is 11.8 Å². The number of nitrogens with zero attached hydrogens (tertiary/aromatic N) is 2. The second-order valence-corrected chi connectivity index (χ2v) is 7.55. The van der Waals surface area contributed by atoms with E-state index < -0.39 is 17.0 Å². The molecule has 2 aromatic carbocycles. The van der Waals surface area contributed by atoms with Crippen LogP contribution in [0.2, 0.25) is 0 Å². The summed E-state index contributed by atoms with van der Waals surface area (Å²) in [6.07, 6.45) is -0.0408. The number of carbonyl (C=O) groups excluding carboxylic acids is 3. The lowest BCUT2D eigenvalue weighted by molar-refractivity contribution is -0.128. The lowest BCUT2D eigenvalue weighted by Crippen LogP contribution is -2.33. The first-order valence-electron chi connectivity index (χ1n) is 9.21. The van der Waals surface area contributed by atoms with Gasteiger partial charge in [-0.05, 0) is 49.4 Å². The fourth-order valence-electron chi connectivity index (χ4n) is 2.86. The zero-order chi connectivity index (χ0) is 21.7. The maximum absolute atomic E-state index is 13.4. The zero-order valence-electron chi connectivity index (χ0n) is 16.4. The highest BCUT2D eigenvalue weighted by atomic mass is 32.2. The van der Waals surface area contributed by atoms with E-state index in [4.69, 9.17) is 0 Å². The molecule has 9 heteroatoms. The number of aliphatic imine (C=N–C) groups is 1. The molecule has 0 radical (unpaired) electrons. The number of ether oxygens (including phenoxy) is 1. The second-order valence-electron chi connectivity index (χ2n) is 6.38. The minimum absolute atomic E-state index is 0.0408. The first-order valence-corrected chi connectivity index (χ1v) is 10.1. The third-order valence-electron chi connectivity index (χ3n) is 4.33. The van der Waals surface area contributed by atoms with Gasteiger partial charge in [-0.2, -0.15) is 0 Å². The number of amides is 2. The predicted octanol–water partition coefficient (Wildman–Crippen LogP) is 3.59. The number of halogens is 1. The summed E-state index contributed by atoms with van der Waals surface area (Å²) in [5.74, 6) is -1.43. The molecule has 1 heterocycles. The van der Waals surface area contributed by atoms with Gasteiger partial charge in [0.05, 0.1) is 18.4 Å². The number of rotatable bonds is 6. The molecule has 0 aliphatic carbocycles. The number of nitrogens with one attached hydrogen (secondary N) is 1.